The summed E-state index contributed by atoms with van der Waals surface area (Å²) in [6, 6.07) is 49.7. The average Bonchev–Trinajstić information content (AvgIpc) is 1.78. The summed E-state index contributed by atoms with van der Waals surface area (Å²) >= 11 is 7.50. The Hall–Kier alpha value is -7.47. The van der Waals surface area contributed by atoms with Gasteiger partial charge in [0.1, 0.15) is 11.5 Å². The maximum Gasteiger partial charge on any atom is 0.126 e. The summed E-state index contributed by atoms with van der Waals surface area (Å²) in [7, 11) is 0. The van der Waals surface area contributed by atoms with Crippen LogP contribution in [0, 0.1) is 0 Å². The number of thiazole rings is 1. The van der Waals surface area contributed by atoms with Crippen LogP contribution in [0.2, 0.25) is 0 Å². The molecule has 133 heavy (non-hydrogen) atoms. The van der Waals surface area contributed by atoms with E-state index in [0.717, 1.165) is 43.2 Å². The number of ether oxygens (including phenoxy) is 2. The van der Waals surface area contributed by atoms with Gasteiger partial charge >= 0.3 is 0 Å². The largest absolute Gasteiger partial charge is 0.493 e. The zero-order valence-electron chi connectivity index (χ0n) is 91.9. The van der Waals surface area contributed by atoms with Crippen molar-refractivity contribution in [3.8, 4) is 11.5 Å². The van der Waals surface area contributed by atoms with Gasteiger partial charge in [-0.05, 0) is 246 Å². The van der Waals surface area contributed by atoms with E-state index < -0.39 is 0 Å². The van der Waals surface area contributed by atoms with E-state index >= 15 is 0 Å². The number of nitrogens with zero attached hydrogens (tertiary/aromatic N) is 3. The minimum absolute atomic E-state index is 0.166. The first-order valence-electron chi connectivity index (χ1n) is 50.6. The molecule has 2 aliphatic rings. The number of thiophene rings is 3. The molecule has 0 atom stereocenters. The zero-order chi connectivity index (χ0) is 100. The predicted octanol–water partition coefficient (Wildman–Crippen LogP) is 40.0. The van der Waals surface area contributed by atoms with Crippen LogP contribution < -0.4 is 9.47 Å². The van der Waals surface area contributed by atoms with E-state index in [1.807, 2.05) is 46.4 Å². The summed E-state index contributed by atoms with van der Waals surface area (Å²) < 4.78 is 11.5. The second-order valence-corrected chi connectivity index (χ2v) is 50.0. The smallest absolute Gasteiger partial charge is 0.126 e. The standard InChI is InChI=1S/2C17H22.2C15H22O.C11H17N.3C10H16S.C9H16N2.C9H15NS/c1-12(2)16-11-14(17(3,4)5)10-13-8-6-7-9-15(13)16;1-12(2)14-10-13-8-6-7-9-15(13)16(11-14)17(3,4)5;1-10(2)11-8-13(15(3,4)5)12-6-7-16-14(12)9-11;1-10(2)12-8-11-6-7-16-14(11)13(9-12)15(3,4)5;1-8(2)10-5-11(9(3)4)7-12-6-10;2*1-7(2)9-5-10(8(3)4)11-6-9;1-7(2)9-5-6-10(11-9)8(3)4;1-6(2)8-5-9(7(3)4)11-10-8;1-6(2)8-5-11-9(10-8)7(3)4/h2*6-12H,1-5H3;2*8-10H,6-7H2,1-5H3;5-9H,1-4H3;3*5-8H,1-4H3;5-7H,1-4H3,(H,10,11);5-7H,1-4H3. The van der Waals surface area contributed by atoms with Gasteiger partial charge in [-0.1, -0.05) is 402 Å². The summed E-state index contributed by atoms with van der Waals surface area (Å²) in [5, 5.41) is 20.7. The van der Waals surface area contributed by atoms with E-state index in [0.29, 0.717) is 94.7 Å². The van der Waals surface area contributed by atoms with Crippen LogP contribution >= 0.6 is 45.3 Å². The van der Waals surface area contributed by atoms with Gasteiger partial charge in [0.25, 0.3) is 0 Å². The Morgan fingerprint density at radius 3 is 1.12 bits per heavy atom. The molecule has 0 saturated carbocycles. The lowest BCUT2D eigenvalue weighted by molar-refractivity contribution is 0.347. The van der Waals surface area contributed by atoms with Gasteiger partial charge in [-0.2, -0.15) is 5.10 Å². The van der Waals surface area contributed by atoms with Crippen LogP contribution in [0.1, 0.15) is 519 Å². The van der Waals surface area contributed by atoms with E-state index in [1.54, 1.807) is 11.3 Å². The van der Waals surface area contributed by atoms with Gasteiger partial charge in [0, 0.05) is 72.9 Å². The molecule has 12 aromatic rings. The average molecular weight is 1880 g/mol. The van der Waals surface area contributed by atoms with Gasteiger partial charge < -0.3 is 9.47 Å². The van der Waals surface area contributed by atoms with Crippen LogP contribution in [0.15, 0.2) is 162 Å². The van der Waals surface area contributed by atoms with E-state index in [2.05, 4.69) is 474 Å². The van der Waals surface area contributed by atoms with Crippen molar-refractivity contribution < 1.29 is 9.47 Å². The number of nitrogens with one attached hydrogen (secondary N) is 1. The van der Waals surface area contributed by atoms with E-state index in [9.17, 15) is 0 Å². The number of fused-ring (bicyclic) bond motifs is 4. The van der Waals surface area contributed by atoms with Crippen molar-refractivity contribution in [3.05, 3.63) is 281 Å². The van der Waals surface area contributed by atoms with Crippen LogP contribution in [0.3, 0.4) is 0 Å². The van der Waals surface area contributed by atoms with Crippen LogP contribution in [-0.2, 0) is 34.5 Å². The number of benzene rings is 6. The van der Waals surface area contributed by atoms with Gasteiger partial charge in [0.05, 0.1) is 29.6 Å². The highest BCUT2D eigenvalue weighted by Crippen LogP contribution is 2.43. The van der Waals surface area contributed by atoms with E-state index in [4.69, 9.17) is 9.47 Å². The lowest BCUT2D eigenvalue weighted by atomic mass is 9.81. The Morgan fingerprint density at radius 2 is 0.744 bits per heavy atom. The summed E-state index contributed by atoms with van der Waals surface area (Å²) in [6.07, 6.45) is 6.05. The predicted molar refractivity (Wildman–Crippen MR) is 597 cm³/mol. The molecule has 6 aromatic carbocycles. The Morgan fingerprint density at radius 1 is 0.316 bits per heavy atom. The van der Waals surface area contributed by atoms with Crippen LogP contribution in [0.4, 0.5) is 0 Å². The molecule has 8 heterocycles. The molecule has 2 aliphatic heterocycles. The molecule has 0 fully saturated rings. The third kappa shape index (κ3) is 36.8. The molecule has 6 aromatic heterocycles. The van der Waals surface area contributed by atoms with Crippen LogP contribution in [0.5, 0.6) is 11.5 Å². The zero-order valence-corrected chi connectivity index (χ0v) is 95.2. The summed E-state index contributed by atoms with van der Waals surface area (Å²) in [4.78, 5) is 14.8. The number of hydrogen-bond donors (Lipinski definition) is 1. The van der Waals surface area contributed by atoms with Gasteiger partial charge in [0.2, 0.25) is 0 Å². The van der Waals surface area contributed by atoms with Crippen LogP contribution in [-0.4, -0.2) is 33.4 Å². The highest BCUT2D eigenvalue weighted by Gasteiger charge is 2.29. The Labute approximate surface area is 830 Å². The first-order valence-corrected chi connectivity index (χ1v) is 54.1. The summed E-state index contributed by atoms with van der Waals surface area (Å²) in [6.45, 7) is 100. The molecular formula is C123H184N4O2S4. The topological polar surface area (TPSA) is 72.9 Å². The van der Waals surface area contributed by atoms with Gasteiger partial charge in [-0.3, -0.25) is 10.1 Å². The van der Waals surface area contributed by atoms with E-state index in [1.165, 1.54) is 135 Å². The first-order chi connectivity index (χ1) is 61.7. The summed E-state index contributed by atoms with van der Waals surface area (Å²) in [5.74, 6) is 12.1. The first kappa shape index (κ1) is 116. The number of rotatable bonds is 16. The summed E-state index contributed by atoms with van der Waals surface area (Å²) in [5.41, 5.74) is 24.3. The molecule has 1 N–H and O–H groups in total. The molecule has 10 heteroatoms. The lowest BCUT2D eigenvalue weighted by Crippen LogP contribution is -2.14. The molecule has 0 spiro atoms. The normalized spacial score (nSPS) is 12.5. The van der Waals surface area contributed by atoms with Crippen molar-refractivity contribution in [2.45, 2.75) is 434 Å². The fourth-order valence-corrected chi connectivity index (χ4v) is 19.1. The maximum absolute atomic E-state index is 5.79. The van der Waals surface area contributed by atoms with E-state index in [-0.39, 0.29) is 21.7 Å². The Bertz CT molecular complexity index is 4890. The number of pyridine rings is 1. The maximum atomic E-state index is 5.79. The molecule has 0 aliphatic carbocycles. The SMILES string of the molecule is CC(C)c1cc(C(C)(C)C)c2ccccc2c1.CC(C)c1cc(C(C)(C)C)cc2ccccc12.CC(C)c1cc(C(C)C)[nH]n1.CC(C)c1cc2c(c(C(C)(C)C)c1)CCO2.CC(C)c1cc2c(c(C(C)(C)C)c1)OCC2.CC(C)c1ccc(C(C)C)s1.CC(C)c1cncc(C(C)C)c1.CC(C)c1csc(C(C)C)c1.CC(C)c1csc(C(C)C)c1.CC(C)c1csc(C(C)C)n1. The van der Waals surface area contributed by atoms with Crippen molar-refractivity contribution in [1.29, 1.82) is 0 Å². The molecule has 0 unspecified atom stereocenters. The van der Waals surface area contributed by atoms with Crippen molar-refractivity contribution in [1.82, 2.24) is 20.2 Å². The second kappa shape index (κ2) is 52.9. The number of hydrogen-bond acceptors (Lipinski definition) is 9. The molecule has 0 bridgehead atoms. The lowest BCUT2D eigenvalue weighted by Gasteiger charge is -2.24. The third-order valence-electron chi connectivity index (χ3n) is 24.4. The Balaban J connectivity index is 0.000000263. The quantitative estimate of drug-likeness (QED) is 0.104. The fraction of sp³-hybridized carbons (Fsp3) is 0.553. The van der Waals surface area contributed by atoms with Gasteiger partial charge in [-0.15, -0.1) is 45.3 Å². The number of aromatic amines is 1. The number of aromatic nitrogens is 4. The molecule has 0 radical (unpaired) electrons. The molecular weight excluding hydrogens is 1690 g/mol. The van der Waals surface area contributed by atoms with Gasteiger partial charge in [-0.25, -0.2) is 4.98 Å². The highest BCUT2D eigenvalue weighted by molar-refractivity contribution is 7.12. The van der Waals surface area contributed by atoms with Gasteiger partial charge in [0.15, 0.2) is 0 Å². The van der Waals surface area contributed by atoms with Crippen molar-refractivity contribution >= 4 is 66.9 Å². The second-order valence-electron chi connectivity index (χ2n) is 46.1. The fourth-order valence-electron chi connectivity index (χ4n) is 14.9. The molecule has 0 saturated heterocycles. The minimum Gasteiger partial charge on any atom is -0.493 e. The van der Waals surface area contributed by atoms with Crippen LogP contribution in [0.25, 0.3) is 21.5 Å². The third-order valence-corrected chi connectivity index (χ3v) is 29.8. The molecule has 732 valence electrons. The minimum atomic E-state index is 0.166. The number of H-pyrrole nitrogens is 1. The highest BCUT2D eigenvalue weighted by atomic mass is 32.1. The van der Waals surface area contributed by atoms with Crippen molar-refractivity contribution in [2.24, 2.45) is 0 Å². The van der Waals surface area contributed by atoms with Crippen molar-refractivity contribution in [2.75, 3.05) is 13.2 Å². The molecule has 0 amide bonds. The molecule has 6 nitrogen and oxygen atoms in total. The van der Waals surface area contributed by atoms with Crippen molar-refractivity contribution in [3.63, 3.8) is 0 Å². The monoisotopic (exact) mass is 1880 g/mol. The molecule has 14 rings (SSSR count). The Kier molecular flexibility index (Phi) is 46.1.